The molecule has 0 aliphatic rings. The quantitative estimate of drug-likeness (QED) is 0.868. The van der Waals surface area contributed by atoms with Crippen LogP contribution in [0.1, 0.15) is 43.5 Å². The standard InChI is InChI=1S/C16H19BrN2/c1-3-16(13-6-8-15(17)9-7-13)19-12(2)14-5-4-10-18-11-14/h4-12,16,19H,3H2,1-2H3/t12-,16?/m1/s1. The van der Waals surface area contributed by atoms with E-state index in [2.05, 4.69) is 70.4 Å². The van der Waals surface area contributed by atoms with Crippen molar-refractivity contribution in [2.45, 2.75) is 32.4 Å². The van der Waals surface area contributed by atoms with Gasteiger partial charge in [-0.3, -0.25) is 4.98 Å². The van der Waals surface area contributed by atoms with Crippen LogP contribution in [0.15, 0.2) is 53.3 Å². The highest BCUT2D eigenvalue weighted by atomic mass is 79.9. The molecule has 0 fully saturated rings. The molecule has 1 N–H and O–H groups in total. The van der Waals surface area contributed by atoms with E-state index in [0.717, 1.165) is 10.9 Å². The Morgan fingerprint density at radius 2 is 1.89 bits per heavy atom. The lowest BCUT2D eigenvalue weighted by Gasteiger charge is -2.23. The van der Waals surface area contributed by atoms with Crippen molar-refractivity contribution in [1.82, 2.24) is 10.3 Å². The van der Waals surface area contributed by atoms with E-state index in [1.807, 2.05) is 18.5 Å². The number of hydrogen-bond donors (Lipinski definition) is 1. The average molecular weight is 319 g/mol. The van der Waals surface area contributed by atoms with Crippen LogP contribution in [0.2, 0.25) is 0 Å². The zero-order valence-corrected chi connectivity index (χ0v) is 12.9. The number of nitrogens with zero attached hydrogens (tertiary/aromatic N) is 1. The normalized spacial score (nSPS) is 14.1. The number of nitrogens with one attached hydrogen (secondary N) is 1. The SMILES string of the molecule is CCC(N[C@H](C)c1cccnc1)c1ccc(Br)cc1. The summed E-state index contributed by atoms with van der Waals surface area (Å²) in [4.78, 5) is 4.18. The Balaban J connectivity index is 2.09. The summed E-state index contributed by atoms with van der Waals surface area (Å²) in [6.45, 7) is 4.38. The monoisotopic (exact) mass is 318 g/mol. The highest BCUT2D eigenvalue weighted by molar-refractivity contribution is 9.10. The Morgan fingerprint density at radius 1 is 1.16 bits per heavy atom. The lowest BCUT2D eigenvalue weighted by atomic mass is 10.0. The Kier molecular flexibility index (Phi) is 5.11. The molecule has 1 unspecified atom stereocenters. The topological polar surface area (TPSA) is 24.9 Å². The van der Waals surface area contributed by atoms with Crippen LogP contribution in [0.4, 0.5) is 0 Å². The fraction of sp³-hybridized carbons (Fsp3) is 0.312. The van der Waals surface area contributed by atoms with Gasteiger partial charge in [-0.25, -0.2) is 0 Å². The summed E-state index contributed by atoms with van der Waals surface area (Å²) in [5, 5.41) is 3.66. The molecule has 0 aliphatic carbocycles. The lowest BCUT2D eigenvalue weighted by Crippen LogP contribution is -2.24. The minimum absolute atomic E-state index is 0.294. The third-order valence-electron chi connectivity index (χ3n) is 3.32. The first kappa shape index (κ1) is 14.2. The number of rotatable bonds is 5. The smallest absolute Gasteiger partial charge is 0.0323 e. The first-order valence-electron chi connectivity index (χ1n) is 6.62. The second-order valence-corrected chi connectivity index (χ2v) is 5.60. The van der Waals surface area contributed by atoms with E-state index in [1.54, 1.807) is 0 Å². The molecule has 1 aromatic heterocycles. The highest BCUT2D eigenvalue weighted by Crippen LogP contribution is 2.23. The Hall–Kier alpha value is -1.19. The number of halogens is 1. The van der Waals surface area contributed by atoms with Crippen molar-refractivity contribution >= 4 is 15.9 Å². The largest absolute Gasteiger partial charge is 0.303 e. The van der Waals surface area contributed by atoms with Gasteiger partial charge in [0.05, 0.1) is 0 Å². The van der Waals surface area contributed by atoms with E-state index in [0.29, 0.717) is 12.1 Å². The van der Waals surface area contributed by atoms with Crippen molar-refractivity contribution in [3.8, 4) is 0 Å². The molecule has 0 bridgehead atoms. The maximum Gasteiger partial charge on any atom is 0.0323 e. The molecule has 0 saturated heterocycles. The van der Waals surface area contributed by atoms with Gasteiger partial charge in [-0.1, -0.05) is 41.1 Å². The van der Waals surface area contributed by atoms with Crippen molar-refractivity contribution in [1.29, 1.82) is 0 Å². The second kappa shape index (κ2) is 6.83. The van der Waals surface area contributed by atoms with Crippen molar-refractivity contribution in [3.05, 3.63) is 64.4 Å². The summed E-state index contributed by atoms with van der Waals surface area (Å²) in [5.74, 6) is 0. The Bertz CT molecular complexity index is 496. The third-order valence-corrected chi connectivity index (χ3v) is 3.84. The van der Waals surface area contributed by atoms with Crippen molar-refractivity contribution < 1.29 is 0 Å². The van der Waals surface area contributed by atoms with E-state index >= 15 is 0 Å². The van der Waals surface area contributed by atoms with Crippen LogP contribution < -0.4 is 5.32 Å². The van der Waals surface area contributed by atoms with Crippen molar-refractivity contribution in [2.75, 3.05) is 0 Å². The van der Waals surface area contributed by atoms with Crippen LogP contribution >= 0.6 is 15.9 Å². The first-order chi connectivity index (χ1) is 9.20. The van der Waals surface area contributed by atoms with E-state index < -0.39 is 0 Å². The molecule has 0 spiro atoms. The number of hydrogen-bond acceptors (Lipinski definition) is 2. The molecule has 0 amide bonds. The molecule has 3 heteroatoms. The van der Waals surface area contributed by atoms with Crippen LogP contribution in [-0.2, 0) is 0 Å². The molecule has 0 aliphatic heterocycles. The fourth-order valence-corrected chi connectivity index (χ4v) is 2.44. The van der Waals surface area contributed by atoms with Crippen LogP contribution in [0.5, 0.6) is 0 Å². The van der Waals surface area contributed by atoms with E-state index in [-0.39, 0.29) is 0 Å². The van der Waals surface area contributed by atoms with Gasteiger partial charge in [0, 0.05) is 29.0 Å². The highest BCUT2D eigenvalue weighted by Gasteiger charge is 2.13. The van der Waals surface area contributed by atoms with E-state index in [1.165, 1.54) is 11.1 Å². The van der Waals surface area contributed by atoms with E-state index in [9.17, 15) is 0 Å². The Labute approximate surface area is 123 Å². The van der Waals surface area contributed by atoms with Gasteiger partial charge in [0.1, 0.15) is 0 Å². The zero-order chi connectivity index (χ0) is 13.7. The minimum Gasteiger partial charge on any atom is -0.303 e. The van der Waals surface area contributed by atoms with Gasteiger partial charge in [-0.15, -0.1) is 0 Å². The molecule has 0 saturated carbocycles. The van der Waals surface area contributed by atoms with Crippen LogP contribution in [0.25, 0.3) is 0 Å². The molecular weight excluding hydrogens is 300 g/mol. The summed E-state index contributed by atoms with van der Waals surface area (Å²) in [7, 11) is 0. The lowest BCUT2D eigenvalue weighted by molar-refractivity contribution is 0.455. The predicted octanol–water partition coefficient (Wildman–Crippen LogP) is 4.65. The molecule has 19 heavy (non-hydrogen) atoms. The van der Waals surface area contributed by atoms with Gasteiger partial charge in [0.25, 0.3) is 0 Å². The molecule has 1 heterocycles. The van der Waals surface area contributed by atoms with Gasteiger partial charge >= 0.3 is 0 Å². The third kappa shape index (κ3) is 3.88. The van der Waals surface area contributed by atoms with E-state index in [4.69, 9.17) is 0 Å². The molecule has 100 valence electrons. The Morgan fingerprint density at radius 3 is 2.47 bits per heavy atom. The fourth-order valence-electron chi connectivity index (χ4n) is 2.17. The number of benzene rings is 1. The second-order valence-electron chi connectivity index (χ2n) is 4.69. The van der Waals surface area contributed by atoms with Gasteiger partial charge in [-0.2, -0.15) is 0 Å². The van der Waals surface area contributed by atoms with Crippen LogP contribution in [0, 0.1) is 0 Å². The van der Waals surface area contributed by atoms with Crippen LogP contribution in [0.3, 0.4) is 0 Å². The molecule has 2 nitrogen and oxygen atoms in total. The molecule has 0 radical (unpaired) electrons. The summed E-state index contributed by atoms with van der Waals surface area (Å²) < 4.78 is 1.12. The predicted molar refractivity (Wildman–Crippen MR) is 83.0 cm³/mol. The minimum atomic E-state index is 0.294. The van der Waals surface area contributed by atoms with Gasteiger partial charge in [-0.05, 0) is 42.7 Å². The summed E-state index contributed by atoms with van der Waals surface area (Å²) in [6, 6.07) is 13.3. The van der Waals surface area contributed by atoms with Crippen molar-refractivity contribution in [2.24, 2.45) is 0 Å². The maximum absolute atomic E-state index is 4.18. The van der Waals surface area contributed by atoms with Gasteiger partial charge in [0.15, 0.2) is 0 Å². The van der Waals surface area contributed by atoms with Gasteiger partial charge < -0.3 is 5.32 Å². The summed E-state index contributed by atoms with van der Waals surface area (Å²) in [6.07, 6.45) is 4.79. The molecule has 1 aromatic carbocycles. The zero-order valence-electron chi connectivity index (χ0n) is 11.3. The molecule has 2 atom stereocenters. The van der Waals surface area contributed by atoms with Gasteiger partial charge in [0.2, 0.25) is 0 Å². The number of pyridine rings is 1. The summed E-state index contributed by atoms with van der Waals surface area (Å²) >= 11 is 3.48. The summed E-state index contributed by atoms with van der Waals surface area (Å²) in [5.41, 5.74) is 2.54. The average Bonchev–Trinajstić information content (AvgIpc) is 2.46. The van der Waals surface area contributed by atoms with Crippen LogP contribution in [-0.4, -0.2) is 4.98 Å². The molecule has 2 aromatic rings. The molecular formula is C16H19BrN2. The van der Waals surface area contributed by atoms with Crippen molar-refractivity contribution in [3.63, 3.8) is 0 Å². The molecule has 2 rings (SSSR count). The maximum atomic E-state index is 4.18. The first-order valence-corrected chi connectivity index (χ1v) is 7.41. The number of aromatic nitrogens is 1.